The maximum absolute atomic E-state index is 3.70. The highest BCUT2D eigenvalue weighted by Crippen LogP contribution is 2.35. The first-order chi connectivity index (χ1) is 9.70. The average Bonchev–Trinajstić information content (AvgIpc) is 2.91. The number of hydrogen-bond acceptors (Lipinski definition) is 2. The minimum atomic E-state index is 0.201. The highest BCUT2D eigenvalue weighted by molar-refractivity contribution is 9.10. The zero-order valence-corrected chi connectivity index (χ0v) is 13.9. The van der Waals surface area contributed by atoms with Crippen LogP contribution < -0.4 is 5.32 Å². The molecule has 0 bridgehead atoms. The zero-order chi connectivity index (χ0) is 14.1. The Hall–Kier alpha value is -1.16. The van der Waals surface area contributed by atoms with E-state index in [1.54, 1.807) is 11.3 Å². The van der Waals surface area contributed by atoms with Gasteiger partial charge in [-0.2, -0.15) is 0 Å². The molecular formula is C17H16BrNS. The van der Waals surface area contributed by atoms with E-state index in [4.69, 9.17) is 0 Å². The maximum Gasteiger partial charge on any atom is 0.0599 e. The molecule has 2 aromatic carbocycles. The lowest BCUT2D eigenvalue weighted by Crippen LogP contribution is -2.18. The summed E-state index contributed by atoms with van der Waals surface area (Å²) in [6.45, 7) is 2.11. The van der Waals surface area contributed by atoms with E-state index in [2.05, 4.69) is 76.0 Å². The highest BCUT2D eigenvalue weighted by Gasteiger charge is 2.17. The molecule has 0 saturated heterocycles. The largest absolute Gasteiger partial charge is 0.309 e. The van der Waals surface area contributed by atoms with Gasteiger partial charge in [0, 0.05) is 9.17 Å². The molecule has 102 valence electrons. The van der Waals surface area contributed by atoms with E-state index in [1.165, 1.54) is 26.8 Å². The van der Waals surface area contributed by atoms with Gasteiger partial charge < -0.3 is 5.32 Å². The number of halogens is 1. The lowest BCUT2D eigenvalue weighted by Gasteiger charge is -2.20. The molecule has 0 fully saturated rings. The SMILES string of the molecule is CNC(c1ccc(C)cc1Br)c1cccc2ccsc12. The van der Waals surface area contributed by atoms with Crippen LogP contribution in [-0.4, -0.2) is 7.05 Å². The average molecular weight is 346 g/mol. The molecule has 3 heteroatoms. The van der Waals surface area contributed by atoms with Gasteiger partial charge in [-0.05, 0) is 53.6 Å². The molecular weight excluding hydrogens is 330 g/mol. The van der Waals surface area contributed by atoms with Crippen LogP contribution in [0.25, 0.3) is 10.1 Å². The van der Waals surface area contributed by atoms with E-state index in [-0.39, 0.29) is 6.04 Å². The van der Waals surface area contributed by atoms with Gasteiger partial charge in [0.2, 0.25) is 0 Å². The van der Waals surface area contributed by atoms with Crippen molar-refractivity contribution in [1.29, 1.82) is 0 Å². The summed E-state index contributed by atoms with van der Waals surface area (Å²) in [5, 5.41) is 6.93. The van der Waals surface area contributed by atoms with Crippen LogP contribution in [0, 0.1) is 6.92 Å². The Kier molecular flexibility index (Phi) is 3.92. The highest BCUT2D eigenvalue weighted by atomic mass is 79.9. The van der Waals surface area contributed by atoms with Crippen LogP contribution in [0.4, 0.5) is 0 Å². The Balaban J connectivity index is 2.16. The molecule has 0 aliphatic heterocycles. The van der Waals surface area contributed by atoms with E-state index in [1.807, 2.05) is 7.05 Å². The third-order valence-electron chi connectivity index (χ3n) is 3.58. The smallest absolute Gasteiger partial charge is 0.0599 e. The standard InChI is InChI=1S/C17H16BrNS/c1-11-6-7-13(15(18)10-11)16(19-2)14-5-3-4-12-8-9-20-17(12)14/h3-10,16,19H,1-2H3. The van der Waals surface area contributed by atoms with Gasteiger partial charge in [-0.1, -0.05) is 46.3 Å². The summed E-state index contributed by atoms with van der Waals surface area (Å²) in [7, 11) is 2.02. The van der Waals surface area contributed by atoms with Crippen molar-refractivity contribution in [3.05, 3.63) is 69.0 Å². The molecule has 20 heavy (non-hydrogen) atoms. The van der Waals surface area contributed by atoms with Crippen LogP contribution >= 0.6 is 27.3 Å². The predicted octanol–water partition coefficient (Wildman–Crippen LogP) is 5.28. The first-order valence-corrected chi connectivity index (χ1v) is 8.27. The van der Waals surface area contributed by atoms with Crippen molar-refractivity contribution in [3.63, 3.8) is 0 Å². The fourth-order valence-corrected chi connectivity index (χ4v) is 4.26. The summed E-state index contributed by atoms with van der Waals surface area (Å²) in [4.78, 5) is 0. The number of aryl methyl sites for hydroxylation is 1. The summed E-state index contributed by atoms with van der Waals surface area (Å²) in [6.07, 6.45) is 0. The van der Waals surface area contributed by atoms with Crippen molar-refractivity contribution in [2.24, 2.45) is 0 Å². The van der Waals surface area contributed by atoms with E-state index in [0.29, 0.717) is 0 Å². The lowest BCUT2D eigenvalue weighted by molar-refractivity contribution is 0.694. The van der Waals surface area contributed by atoms with Crippen molar-refractivity contribution in [3.8, 4) is 0 Å². The Morgan fingerprint density at radius 3 is 2.70 bits per heavy atom. The molecule has 1 N–H and O–H groups in total. The van der Waals surface area contributed by atoms with Crippen LogP contribution in [0.1, 0.15) is 22.7 Å². The molecule has 1 nitrogen and oxygen atoms in total. The number of nitrogens with one attached hydrogen (secondary N) is 1. The molecule has 1 unspecified atom stereocenters. The van der Waals surface area contributed by atoms with E-state index in [9.17, 15) is 0 Å². The number of thiophene rings is 1. The van der Waals surface area contributed by atoms with E-state index >= 15 is 0 Å². The summed E-state index contributed by atoms with van der Waals surface area (Å²) >= 11 is 5.51. The monoisotopic (exact) mass is 345 g/mol. The minimum absolute atomic E-state index is 0.201. The van der Waals surface area contributed by atoms with Crippen LogP contribution in [0.2, 0.25) is 0 Å². The quantitative estimate of drug-likeness (QED) is 0.680. The van der Waals surface area contributed by atoms with Crippen molar-refractivity contribution < 1.29 is 0 Å². The molecule has 0 aliphatic rings. The fourth-order valence-electron chi connectivity index (χ4n) is 2.59. The molecule has 1 aromatic heterocycles. The molecule has 0 aliphatic carbocycles. The molecule has 1 atom stereocenters. The van der Waals surface area contributed by atoms with Gasteiger partial charge >= 0.3 is 0 Å². The van der Waals surface area contributed by atoms with Crippen LogP contribution in [0.15, 0.2) is 52.3 Å². The van der Waals surface area contributed by atoms with Gasteiger partial charge in [-0.3, -0.25) is 0 Å². The van der Waals surface area contributed by atoms with Crippen molar-refractivity contribution in [2.45, 2.75) is 13.0 Å². The Morgan fingerprint density at radius 1 is 1.10 bits per heavy atom. The van der Waals surface area contributed by atoms with Gasteiger partial charge in [-0.25, -0.2) is 0 Å². The lowest BCUT2D eigenvalue weighted by atomic mass is 9.97. The molecule has 3 aromatic rings. The van der Waals surface area contributed by atoms with Crippen molar-refractivity contribution in [1.82, 2.24) is 5.32 Å². The predicted molar refractivity (Wildman–Crippen MR) is 91.6 cm³/mol. The normalized spacial score (nSPS) is 12.8. The molecule has 0 spiro atoms. The Morgan fingerprint density at radius 2 is 1.95 bits per heavy atom. The number of fused-ring (bicyclic) bond motifs is 1. The van der Waals surface area contributed by atoms with Crippen LogP contribution in [0.5, 0.6) is 0 Å². The van der Waals surface area contributed by atoms with Crippen molar-refractivity contribution in [2.75, 3.05) is 7.05 Å². The number of benzene rings is 2. The topological polar surface area (TPSA) is 12.0 Å². The van der Waals surface area contributed by atoms with Gasteiger partial charge in [0.05, 0.1) is 6.04 Å². The first-order valence-electron chi connectivity index (χ1n) is 6.60. The summed E-state index contributed by atoms with van der Waals surface area (Å²) in [5.74, 6) is 0. The minimum Gasteiger partial charge on any atom is -0.309 e. The molecule has 0 amide bonds. The second-order valence-corrected chi connectivity index (χ2v) is 6.70. The van der Waals surface area contributed by atoms with Crippen LogP contribution in [-0.2, 0) is 0 Å². The van der Waals surface area contributed by atoms with E-state index < -0.39 is 0 Å². The van der Waals surface area contributed by atoms with Crippen molar-refractivity contribution >= 4 is 37.4 Å². The van der Waals surface area contributed by atoms with Gasteiger partial charge in [-0.15, -0.1) is 11.3 Å². The van der Waals surface area contributed by atoms with E-state index in [0.717, 1.165) is 4.47 Å². The van der Waals surface area contributed by atoms with Gasteiger partial charge in [0.1, 0.15) is 0 Å². The maximum atomic E-state index is 3.70. The first kappa shape index (κ1) is 13.8. The summed E-state index contributed by atoms with van der Waals surface area (Å²) in [6, 6.07) is 15.4. The molecule has 3 rings (SSSR count). The summed E-state index contributed by atoms with van der Waals surface area (Å²) < 4.78 is 2.52. The second-order valence-electron chi connectivity index (χ2n) is 4.93. The molecule has 0 saturated carbocycles. The third kappa shape index (κ3) is 2.41. The van der Waals surface area contributed by atoms with Gasteiger partial charge in [0.15, 0.2) is 0 Å². The number of hydrogen-bond donors (Lipinski definition) is 1. The Labute approximate surface area is 131 Å². The zero-order valence-electron chi connectivity index (χ0n) is 11.5. The van der Waals surface area contributed by atoms with Gasteiger partial charge in [0.25, 0.3) is 0 Å². The fraction of sp³-hybridized carbons (Fsp3) is 0.176. The summed E-state index contributed by atoms with van der Waals surface area (Å²) in [5.41, 5.74) is 3.88. The second kappa shape index (κ2) is 5.68. The third-order valence-corrected chi connectivity index (χ3v) is 5.24. The Bertz CT molecular complexity index is 748. The molecule has 1 heterocycles. The molecule has 0 radical (unpaired) electrons. The number of rotatable bonds is 3. The van der Waals surface area contributed by atoms with Crippen LogP contribution in [0.3, 0.4) is 0 Å².